The normalized spacial score (nSPS) is 10.2. The molecule has 2 N–H and O–H groups in total. The maximum absolute atomic E-state index is 11.6. The standard InChI is InChI=1S/C10H12N6O3/c1-18-4-5-19-8-3-2-7(6-11-8)12-10(17)9-13-15-16-14-9/h2-3,6H,4-5H2,1H3,(H,12,17)(H,13,14,15,16). The summed E-state index contributed by atoms with van der Waals surface area (Å²) in [6, 6.07) is 3.30. The fourth-order valence-corrected chi connectivity index (χ4v) is 1.21. The Morgan fingerprint density at radius 3 is 2.95 bits per heavy atom. The molecule has 0 saturated carbocycles. The Balaban J connectivity index is 1.90. The van der Waals surface area contributed by atoms with Gasteiger partial charge in [0.05, 0.1) is 18.5 Å². The number of tetrazole rings is 1. The van der Waals surface area contributed by atoms with Gasteiger partial charge in [-0.1, -0.05) is 0 Å². The van der Waals surface area contributed by atoms with Gasteiger partial charge in [0, 0.05) is 13.2 Å². The minimum atomic E-state index is -0.469. The molecule has 0 radical (unpaired) electrons. The SMILES string of the molecule is COCCOc1ccc(NC(=O)c2nn[nH]n2)cn1. The molecule has 2 rings (SSSR count). The number of carbonyl (C=O) groups excluding carboxylic acids is 1. The van der Waals surface area contributed by atoms with E-state index in [1.807, 2.05) is 0 Å². The van der Waals surface area contributed by atoms with Gasteiger partial charge in [-0.3, -0.25) is 4.79 Å². The molecule has 0 aliphatic heterocycles. The second-order valence-corrected chi connectivity index (χ2v) is 3.42. The van der Waals surface area contributed by atoms with Gasteiger partial charge >= 0.3 is 0 Å². The van der Waals surface area contributed by atoms with E-state index < -0.39 is 5.91 Å². The van der Waals surface area contributed by atoms with Crippen LogP contribution >= 0.6 is 0 Å². The third-order valence-corrected chi connectivity index (χ3v) is 2.08. The average Bonchev–Trinajstić information content (AvgIpc) is 2.95. The quantitative estimate of drug-likeness (QED) is 0.698. The average molecular weight is 264 g/mol. The number of hydrogen-bond acceptors (Lipinski definition) is 7. The summed E-state index contributed by atoms with van der Waals surface area (Å²) in [5.74, 6) is -0.0568. The van der Waals surface area contributed by atoms with Crippen molar-refractivity contribution in [2.24, 2.45) is 0 Å². The van der Waals surface area contributed by atoms with Crippen LogP contribution in [0.2, 0.25) is 0 Å². The van der Waals surface area contributed by atoms with E-state index >= 15 is 0 Å². The molecule has 2 aromatic heterocycles. The van der Waals surface area contributed by atoms with E-state index in [9.17, 15) is 4.79 Å². The van der Waals surface area contributed by atoms with E-state index in [1.165, 1.54) is 6.20 Å². The van der Waals surface area contributed by atoms with Crippen molar-refractivity contribution in [1.29, 1.82) is 0 Å². The first kappa shape index (κ1) is 12.9. The van der Waals surface area contributed by atoms with Crippen LogP contribution in [0.3, 0.4) is 0 Å². The third-order valence-electron chi connectivity index (χ3n) is 2.08. The lowest BCUT2D eigenvalue weighted by Gasteiger charge is -2.05. The Labute approximate surface area is 108 Å². The van der Waals surface area contributed by atoms with Gasteiger partial charge in [-0.2, -0.15) is 5.21 Å². The second-order valence-electron chi connectivity index (χ2n) is 3.42. The van der Waals surface area contributed by atoms with Crippen molar-refractivity contribution < 1.29 is 14.3 Å². The summed E-state index contributed by atoms with van der Waals surface area (Å²) < 4.78 is 10.1. The van der Waals surface area contributed by atoms with Crippen LogP contribution in [0.5, 0.6) is 5.88 Å². The number of amides is 1. The van der Waals surface area contributed by atoms with Crippen LogP contribution < -0.4 is 10.1 Å². The number of methoxy groups -OCH3 is 1. The van der Waals surface area contributed by atoms with Crippen LogP contribution in [0.1, 0.15) is 10.6 Å². The summed E-state index contributed by atoms with van der Waals surface area (Å²) in [4.78, 5) is 15.6. The van der Waals surface area contributed by atoms with Gasteiger partial charge in [0.1, 0.15) is 6.61 Å². The number of carbonyl (C=O) groups is 1. The van der Waals surface area contributed by atoms with Gasteiger partial charge in [-0.15, -0.1) is 10.2 Å². The van der Waals surface area contributed by atoms with Crippen LogP contribution in [-0.4, -0.2) is 51.8 Å². The van der Waals surface area contributed by atoms with E-state index in [4.69, 9.17) is 9.47 Å². The maximum Gasteiger partial charge on any atom is 0.297 e. The van der Waals surface area contributed by atoms with E-state index in [-0.39, 0.29) is 5.82 Å². The smallest absolute Gasteiger partial charge is 0.297 e. The lowest BCUT2D eigenvalue weighted by atomic mass is 10.4. The molecule has 0 aromatic carbocycles. The van der Waals surface area contributed by atoms with Gasteiger partial charge in [0.25, 0.3) is 11.7 Å². The zero-order valence-electron chi connectivity index (χ0n) is 10.2. The molecule has 0 aliphatic carbocycles. The van der Waals surface area contributed by atoms with Crippen LogP contribution in [-0.2, 0) is 4.74 Å². The predicted octanol–water partition coefficient (Wildman–Crippen LogP) is -0.128. The number of aromatic amines is 1. The van der Waals surface area contributed by atoms with E-state index in [0.29, 0.717) is 24.8 Å². The molecule has 1 amide bonds. The number of nitrogens with one attached hydrogen (secondary N) is 2. The van der Waals surface area contributed by atoms with Crippen molar-refractivity contribution in [2.45, 2.75) is 0 Å². The molecule has 0 spiro atoms. The van der Waals surface area contributed by atoms with Gasteiger partial charge in [-0.05, 0) is 11.3 Å². The Kier molecular flexibility index (Phi) is 4.34. The minimum Gasteiger partial charge on any atom is -0.475 e. The van der Waals surface area contributed by atoms with Gasteiger partial charge in [0.2, 0.25) is 5.88 Å². The van der Waals surface area contributed by atoms with Gasteiger partial charge < -0.3 is 14.8 Å². The molecule has 2 aromatic rings. The molecule has 2 heterocycles. The molecule has 0 bridgehead atoms. The Bertz CT molecular complexity index is 513. The highest BCUT2D eigenvalue weighted by Crippen LogP contribution is 2.11. The van der Waals surface area contributed by atoms with Crippen LogP contribution in [0.15, 0.2) is 18.3 Å². The van der Waals surface area contributed by atoms with Crippen molar-refractivity contribution in [1.82, 2.24) is 25.6 Å². The first-order valence-corrected chi connectivity index (χ1v) is 5.42. The largest absolute Gasteiger partial charge is 0.475 e. The fraction of sp³-hybridized carbons (Fsp3) is 0.300. The lowest BCUT2D eigenvalue weighted by Crippen LogP contribution is -2.14. The molecule has 0 unspecified atom stereocenters. The van der Waals surface area contributed by atoms with Crippen LogP contribution in [0.25, 0.3) is 0 Å². The van der Waals surface area contributed by atoms with Crippen molar-refractivity contribution in [2.75, 3.05) is 25.6 Å². The molecule has 100 valence electrons. The van der Waals surface area contributed by atoms with Crippen molar-refractivity contribution in [3.63, 3.8) is 0 Å². The number of rotatable bonds is 6. The summed E-state index contributed by atoms with van der Waals surface area (Å²) in [7, 11) is 1.59. The number of pyridine rings is 1. The Morgan fingerprint density at radius 2 is 2.32 bits per heavy atom. The van der Waals surface area contributed by atoms with Crippen molar-refractivity contribution in [3.8, 4) is 5.88 Å². The summed E-state index contributed by atoms with van der Waals surface area (Å²) in [6.07, 6.45) is 1.47. The highest BCUT2D eigenvalue weighted by molar-refractivity contribution is 6.01. The monoisotopic (exact) mass is 264 g/mol. The lowest BCUT2D eigenvalue weighted by molar-refractivity contribution is 0.101. The highest BCUT2D eigenvalue weighted by Gasteiger charge is 2.10. The topological polar surface area (TPSA) is 115 Å². The number of aromatic nitrogens is 5. The zero-order valence-corrected chi connectivity index (χ0v) is 10.2. The molecular weight excluding hydrogens is 252 g/mol. The molecular formula is C10H12N6O3. The van der Waals surface area contributed by atoms with E-state index in [2.05, 4.69) is 30.9 Å². The number of ether oxygens (including phenoxy) is 2. The second kappa shape index (κ2) is 6.40. The molecule has 9 nitrogen and oxygen atoms in total. The maximum atomic E-state index is 11.6. The van der Waals surface area contributed by atoms with Gasteiger partial charge in [0.15, 0.2) is 0 Å². The molecule has 19 heavy (non-hydrogen) atoms. The van der Waals surface area contributed by atoms with Crippen molar-refractivity contribution >= 4 is 11.6 Å². The summed E-state index contributed by atoms with van der Waals surface area (Å²) in [5, 5.41) is 15.2. The molecule has 0 saturated heterocycles. The Hall–Kier alpha value is -2.55. The molecule has 0 atom stereocenters. The predicted molar refractivity (Wildman–Crippen MR) is 63.7 cm³/mol. The summed E-state index contributed by atoms with van der Waals surface area (Å²) >= 11 is 0. The van der Waals surface area contributed by atoms with Crippen LogP contribution in [0, 0.1) is 0 Å². The first-order valence-electron chi connectivity index (χ1n) is 5.42. The van der Waals surface area contributed by atoms with E-state index in [1.54, 1.807) is 19.2 Å². The first-order chi connectivity index (χ1) is 9.29. The number of nitrogens with zero attached hydrogens (tertiary/aromatic N) is 4. The summed E-state index contributed by atoms with van der Waals surface area (Å²) in [6.45, 7) is 0.899. The number of H-pyrrole nitrogens is 1. The fourth-order valence-electron chi connectivity index (χ4n) is 1.21. The van der Waals surface area contributed by atoms with E-state index in [0.717, 1.165) is 0 Å². The molecule has 0 aliphatic rings. The highest BCUT2D eigenvalue weighted by atomic mass is 16.5. The number of anilines is 1. The number of hydrogen-bond donors (Lipinski definition) is 2. The molecule has 9 heteroatoms. The van der Waals surface area contributed by atoms with Crippen molar-refractivity contribution in [3.05, 3.63) is 24.2 Å². The molecule has 0 fully saturated rings. The third kappa shape index (κ3) is 3.71. The zero-order chi connectivity index (χ0) is 13.5. The Morgan fingerprint density at radius 1 is 1.42 bits per heavy atom. The summed E-state index contributed by atoms with van der Waals surface area (Å²) in [5.41, 5.74) is 0.508. The minimum absolute atomic E-state index is 0.0413. The van der Waals surface area contributed by atoms with Crippen LogP contribution in [0.4, 0.5) is 5.69 Å². The van der Waals surface area contributed by atoms with Gasteiger partial charge in [-0.25, -0.2) is 4.98 Å².